The molecule has 76 valence electrons. The maximum Gasteiger partial charge on any atom is 0.256 e. The molecule has 1 atom stereocenters. The van der Waals surface area contributed by atoms with Crippen LogP contribution in [0, 0.1) is 0 Å². The second-order valence-corrected chi connectivity index (χ2v) is 4.80. The van der Waals surface area contributed by atoms with Crippen molar-refractivity contribution in [2.45, 2.75) is 11.2 Å². The van der Waals surface area contributed by atoms with Crippen LogP contribution >= 0.6 is 27.5 Å². The first kappa shape index (κ1) is 11.4. The molecule has 6 heteroatoms. The lowest BCUT2D eigenvalue weighted by Gasteiger charge is -2.19. The van der Waals surface area contributed by atoms with Gasteiger partial charge in [0.1, 0.15) is 9.48 Å². The zero-order valence-corrected chi connectivity index (χ0v) is 9.76. The third-order valence-electron chi connectivity index (χ3n) is 1.75. The Morgan fingerprint density at radius 2 is 2.36 bits per heavy atom. The topological polar surface area (TPSA) is 68.0 Å². The number of carbonyl (C=O) groups excluding carboxylic acids is 1. The van der Waals surface area contributed by atoms with E-state index in [9.17, 15) is 4.79 Å². The summed E-state index contributed by atoms with van der Waals surface area (Å²) >= 11 is 8.94. The van der Waals surface area contributed by atoms with E-state index in [0.29, 0.717) is 10.8 Å². The van der Waals surface area contributed by atoms with Crippen molar-refractivity contribution in [1.82, 2.24) is 10.4 Å². The van der Waals surface area contributed by atoms with Crippen molar-refractivity contribution in [3.63, 3.8) is 0 Å². The van der Waals surface area contributed by atoms with Crippen molar-refractivity contribution in [2.24, 2.45) is 5.84 Å². The molecule has 1 amide bonds. The van der Waals surface area contributed by atoms with Gasteiger partial charge in [-0.2, -0.15) is 0 Å². The number of nitrogens with zero attached hydrogens (tertiary/aromatic N) is 1. The highest BCUT2D eigenvalue weighted by Gasteiger charge is 2.33. The van der Waals surface area contributed by atoms with Crippen LogP contribution in [0.25, 0.3) is 0 Å². The molecule has 3 N–H and O–H groups in total. The van der Waals surface area contributed by atoms with Gasteiger partial charge in [0.2, 0.25) is 0 Å². The number of carbonyl (C=O) groups is 1. The van der Waals surface area contributed by atoms with Crippen molar-refractivity contribution < 1.29 is 4.79 Å². The average Bonchev–Trinajstić information content (AvgIpc) is 2.16. The largest absolute Gasteiger partial charge is 0.293 e. The highest BCUT2D eigenvalue weighted by molar-refractivity contribution is 9.10. The Labute approximate surface area is 94.9 Å². The lowest BCUT2D eigenvalue weighted by atomic mass is 10.1. The number of pyridine rings is 1. The first-order valence-electron chi connectivity index (χ1n) is 3.81. The Balaban J connectivity index is 3.09. The van der Waals surface area contributed by atoms with E-state index in [-0.39, 0.29) is 5.91 Å². The third kappa shape index (κ3) is 2.23. The van der Waals surface area contributed by atoms with Gasteiger partial charge in [0.05, 0.1) is 5.69 Å². The van der Waals surface area contributed by atoms with Crippen molar-refractivity contribution >= 4 is 33.4 Å². The fraction of sp³-hybridized carbons (Fsp3) is 0.250. The standard InChI is InChI=1S/C8H9BrClN3O/c1-8(9,7(14)13-11)5-3-2-4-6(10)12-5/h2-4H,11H2,1H3,(H,13,14). The molecule has 0 spiro atoms. The van der Waals surface area contributed by atoms with Crippen LogP contribution in [0.15, 0.2) is 18.2 Å². The molecule has 4 nitrogen and oxygen atoms in total. The van der Waals surface area contributed by atoms with Gasteiger partial charge in [-0.05, 0) is 19.1 Å². The minimum absolute atomic E-state index is 0.331. The molecule has 0 aliphatic heterocycles. The zero-order valence-electron chi connectivity index (χ0n) is 7.42. The van der Waals surface area contributed by atoms with Gasteiger partial charge in [0.25, 0.3) is 5.91 Å². The molecule has 0 bridgehead atoms. The van der Waals surface area contributed by atoms with Crippen molar-refractivity contribution in [3.8, 4) is 0 Å². The second kappa shape index (κ2) is 4.25. The predicted molar refractivity (Wildman–Crippen MR) is 57.9 cm³/mol. The van der Waals surface area contributed by atoms with E-state index in [1.807, 2.05) is 0 Å². The van der Waals surface area contributed by atoms with E-state index in [1.165, 1.54) is 0 Å². The number of nitrogens with one attached hydrogen (secondary N) is 1. The average molecular weight is 279 g/mol. The van der Waals surface area contributed by atoms with Crippen LogP contribution in [-0.4, -0.2) is 10.9 Å². The molecule has 0 fully saturated rings. The SMILES string of the molecule is CC(Br)(C(=O)NN)c1cccc(Cl)n1. The summed E-state index contributed by atoms with van der Waals surface area (Å²) < 4.78 is -0.966. The van der Waals surface area contributed by atoms with Gasteiger partial charge >= 0.3 is 0 Å². The van der Waals surface area contributed by atoms with Gasteiger partial charge in [-0.3, -0.25) is 10.2 Å². The monoisotopic (exact) mass is 277 g/mol. The quantitative estimate of drug-likeness (QED) is 0.282. The summed E-state index contributed by atoms with van der Waals surface area (Å²) in [5, 5.41) is 0.331. The summed E-state index contributed by atoms with van der Waals surface area (Å²) in [6, 6.07) is 5.04. The molecule has 0 aliphatic carbocycles. The maximum absolute atomic E-state index is 11.4. The van der Waals surface area contributed by atoms with Gasteiger partial charge in [-0.1, -0.05) is 33.6 Å². The van der Waals surface area contributed by atoms with E-state index < -0.39 is 4.32 Å². The van der Waals surface area contributed by atoms with E-state index in [4.69, 9.17) is 17.4 Å². The number of nitrogens with two attached hydrogens (primary N) is 1. The molecule has 0 saturated carbocycles. The van der Waals surface area contributed by atoms with Crippen LogP contribution in [0.3, 0.4) is 0 Å². The van der Waals surface area contributed by atoms with E-state index in [2.05, 4.69) is 26.3 Å². The van der Waals surface area contributed by atoms with Crippen LogP contribution in [0.5, 0.6) is 0 Å². The van der Waals surface area contributed by atoms with Crippen LogP contribution in [0.1, 0.15) is 12.6 Å². The number of hydrogen-bond acceptors (Lipinski definition) is 3. The van der Waals surface area contributed by atoms with Gasteiger partial charge < -0.3 is 0 Å². The Bertz CT molecular complexity index is 356. The fourth-order valence-electron chi connectivity index (χ4n) is 0.922. The van der Waals surface area contributed by atoms with Gasteiger partial charge in [0, 0.05) is 0 Å². The smallest absolute Gasteiger partial charge is 0.256 e. The number of halogens is 2. The van der Waals surface area contributed by atoms with Gasteiger partial charge in [-0.15, -0.1) is 0 Å². The number of alkyl halides is 1. The first-order valence-corrected chi connectivity index (χ1v) is 4.98. The molecule has 0 aliphatic rings. The third-order valence-corrected chi connectivity index (χ3v) is 2.73. The van der Waals surface area contributed by atoms with E-state index in [0.717, 1.165) is 0 Å². The molecule has 0 aromatic carbocycles. The molecule has 1 unspecified atom stereocenters. The normalized spacial score (nSPS) is 14.6. The molecular weight excluding hydrogens is 269 g/mol. The van der Waals surface area contributed by atoms with Crippen molar-refractivity contribution in [3.05, 3.63) is 29.0 Å². The van der Waals surface area contributed by atoms with E-state index in [1.54, 1.807) is 25.1 Å². The van der Waals surface area contributed by atoms with Crippen molar-refractivity contribution in [1.29, 1.82) is 0 Å². The van der Waals surface area contributed by atoms with Crippen LogP contribution in [-0.2, 0) is 9.12 Å². The summed E-state index contributed by atoms with van der Waals surface area (Å²) in [5.41, 5.74) is 2.56. The minimum atomic E-state index is -0.966. The lowest BCUT2D eigenvalue weighted by Crippen LogP contribution is -2.42. The maximum atomic E-state index is 11.4. The minimum Gasteiger partial charge on any atom is -0.293 e. The lowest BCUT2D eigenvalue weighted by molar-refractivity contribution is -0.123. The molecular formula is C8H9BrClN3O. The highest BCUT2D eigenvalue weighted by atomic mass is 79.9. The number of hydrogen-bond donors (Lipinski definition) is 2. The van der Waals surface area contributed by atoms with Crippen molar-refractivity contribution in [2.75, 3.05) is 0 Å². The second-order valence-electron chi connectivity index (χ2n) is 2.82. The number of rotatable bonds is 2. The van der Waals surface area contributed by atoms with Gasteiger partial charge in [0.15, 0.2) is 0 Å². The first-order chi connectivity index (χ1) is 6.48. The molecule has 1 aromatic rings. The number of hydrazine groups is 1. The van der Waals surface area contributed by atoms with E-state index >= 15 is 0 Å². The molecule has 1 aromatic heterocycles. The van der Waals surface area contributed by atoms with Crippen LogP contribution in [0.2, 0.25) is 5.15 Å². The number of aromatic nitrogens is 1. The van der Waals surface area contributed by atoms with Gasteiger partial charge in [-0.25, -0.2) is 10.8 Å². The summed E-state index contributed by atoms with van der Waals surface area (Å²) in [5.74, 6) is 4.66. The summed E-state index contributed by atoms with van der Waals surface area (Å²) in [4.78, 5) is 15.4. The Kier molecular flexibility index (Phi) is 3.47. The number of amides is 1. The molecule has 1 rings (SSSR count). The zero-order chi connectivity index (χ0) is 10.8. The summed E-state index contributed by atoms with van der Waals surface area (Å²) in [7, 11) is 0. The Hall–Kier alpha value is -0.650. The Morgan fingerprint density at radius 1 is 1.71 bits per heavy atom. The van der Waals surface area contributed by atoms with Crippen LogP contribution in [0.4, 0.5) is 0 Å². The molecule has 0 saturated heterocycles. The summed E-state index contributed by atoms with van der Waals surface area (Å²) in [6.07, 6.45) is 0. The molecule has 14 heavy (non-hydrogen) atoms. The fourth-order valence-corrected chi connectivity index (χ4v) is 1.42. The van der Waals surface area contributed by atoms with Crippen LogP contribution < -0.4 is 11.3 Å². The summed E-state index contributed by atoms with van der Waals surface area (Å²) in [6.45, 7) is 1.65. The predicted octanol–water partition coefficient (Wildman–Crippen LogP) is 1.33. The molecule has 1 heterocycles. The molecule has 0 radical (unpaired) electrons. The highest BCUT2D eigenvalue weighted by Crippen LogP contribution is 2.29. The Morgan fingerprint density at radius 3 is 2.86 bits per heavy atom.